The summed E-state index contributed by atoms with van der Waals surface area (Å²) < 4.78 is 37.7. The molecule has 0 heterocycles. The third-order valence-corrected chi connectivity index (χ3v) is 4.13. The van der Waals surface area contributed by atoms with Crippen molar-refractivity contribution in [2.75, 3.05) is 0 Å². The second-order valence-corrected chi connectivity index (χ2v) is 6.27. The molecule has 0 aromatic heterocycles. The number of nitrogens with one attached hydrogen (secondary N) is 1. The van der Waals surface area contributed by atoms with E-state index < -0.39 is 29.6 Å². The zero-order chi connectivity index (χ0) is 19.9. The molecular weight excluding hydrogens is 357 g/mol. The Bertz CT molecular complexity index is 759. The van der Waals surface area contributed by atoms with E-state index in [4.69, 9.17) is 5.73 Å². The van der Waals surface area contributed by atoms with Gasteiger partial charge in [-0.1, -0.05) is 42.5 Å². The maximum absolute atomic E-state index is 12.6. The quantitative estimate of drug-likeness (QED) is 0.740. The van der Waals surface area contributed by atoms with Crippen LogP contribution in [0.25, 0.3) is 0 Å². The fraction of sp³-hybridized carbons (Fsp3) is 0.300. The van der Waals surface area contributed by atoms with Crippen molar-refractivity contribution < 1.29 is 22.8 Å². The third-order valence-electron chi connectivity index (χ3n) is 4.13. The molecular formula is C20H21F3N2O2. The number of nitrogens with two attached hydrogens (primary N) is 1. The SMILES string of the molecule is NC(=O)[C@H](CCCc1ccccc1)NC(=O)Cc1ccc(C(F)(F)F)cc1. The van der Waals surface area contributed by atoms with Crippen LogP contribution in [0, 0.1) is 0 Å². The topological polar surface area (TPSA) is 72.2 Å². The number of amides is 2. The van der Waals surface area contributed by atoms with Crippen LogP contribution in [-0.2, 0) is 28.6 Å². The fourth-order valence-corrected chi connectivity index (χ4v) is 2.68. The maximum Gasteiger partial charge on any atom is 0.416 e. The van der Waals surface area contributed by atoms with Gasteiger partial charge in [0.15, 0.2) is 0 Å². The molecule has 0 saturated heterocycles. The van der Waals surface area contributed by atoms with Crippen LogP contribution in [-0.4, -0.2) is 17.9 Å². The van der Waals surface area contributed by atoms with Crippen molar-refractivity contribution in [1.29, 1.82) is 0 Å². The summed E-state index contributed by atoms with van der Waals surface area (Å²) >= 11 is 0. The van der Waals surface area contributed by atoms with Gasteiger partial charge in [0.05, 0.1) is 12.0 Å². The summed E-state index contributed by atoms with van der Waals surface area (Å²) in [7, 11) is 0. The van der Waals surface area contributed by atoms with Crippen molar-refractivity contribution in [2.24, 2.45) is 5.73 Å². The first kappa shape index (κ1) is 20.5. The van der Waals surface area contributed by atoms with E-state index >= 15 is 0 Å². The summed E-state index contributed by atoms with van der Waals surface area (Å²) in [4.78, 5) is 23.7. The van der Waals surface area contributed by atoms with Crippen LogP contribution < -0.4 is 11.1 Å². The largest absolute Gasteiger partial charge is 0.416 e. The lowest BCUT2D eigenvalue weighted by atomic mass is 10.0. The second-order valence-electron chi connectivity index (χ2n) is 6.27. The van der Waals surface area contributed by atoms with Gasteiger partial charge in [0.1, 0.15) is 6.04 Å². The zero-order valence-electron chi connectivity index (χ0n) is 14.6. The van der Waals surface area contributed by atoms with E-state index in [0.29, 0.717) is 18.4 Å². The van der Waals surface area contributed by atoms with E-state index in [-0.39, 0.29) is 6.42 Å². The average molecular weight is 378 g/mol. The van der Waals surface area contributed by atoms with Gasteiger partial charge in [-0.3, -0.25) is 9.59 Å². The summed E-state index contributed by atoms with van der Waals surface area (Å²) in [5.74, 6) is -1.10. The van der Waals surface area contributed by atoms with Gasteiger partial charge >= 0.3 is 6.18 Å². The first-order valence-corrected chi connectivity index (χ1v) is 8.54. The van der Waals surface area contributed by atoms with E-state index in [2.05, 4.69) is 5.32 Å². The molecule has 0 aliphatic carbocycles. The molecule has 1 atom stereocenters. The van der Waals surface area contributed by atoms with Crippen LogP contribution in [0.4, 0.5) is 13.2 Å². The van der Waals surface area contributed by atoms with Gasteiger partial charge in [-0.15, -0.1) is 0 Å². The Morgan fingerprint density at radius 2 is 1.59 bits per heavy atom. The molecule has 7 heteroatoms. The Balaban J connectivity index is 1.86. The number of carbonyl (C=O) groups excluding carboxylic acids is 2. The standard InChI is InChI=1S/C20H21F3N2O2/c21-20(22,23)16-11-9-15(10-12-16)13-18(26)25-17(19(24)27)8-4-7-14-5-2-1-3-6-14/h1-3,5-6,9-12,17H,4,7-8,13H2,(H2,24,27)(H,25,26)/t17-/m0/s1. The lowest BCUT2D eigenvalue weighted by Gasteiger charge is -2.15. The normalized spacial score (nSPS) is 12.4. The van der Waals surface area contributed by atoms with Crippen molar-refractivity contribution in [3.63, 3.8) is 0 Å². The van der Waals surface area contributed by atoms with Crippen molar-refractivity contribution in [2.45, 2.75) is 37.9 Å². The minimum Gasteiger partial charge on any atom is -0.368 e. The Hall–Kier alpha value is -2.83. The van der Waals surface area contributed by atoms with Gasteiger partial charge in [-0.2, -0.15) is 13.2 Å². The highest BCUT2D eigenvalue weighted by Gasteiger charge is 2.30. The molecule has 0 fully saturated rings. The number of hydrogen-bond acceptors (Lipinski definition) is 2. The molecule has 0 unspecified atom stereocenters. The molecule has 144 valence electrons. The highest BCUT2D eigenvalue weighted by molar-refractivity contribution is 5.87. The number of carbonyl (C=O) groups is 2. The van der Waals surface area contributed by atoms with E-state index in [1.807, 2.05) is 30.3 Å². The summed E-state index contributed by atoms with van der Waals surface area (Å²) in [6, 6.07) is 13.2. The summed E-state index contributed by atoms with van der Waals surface area (Å²) in [5.41, 5.74) is 6.12. The molecule has 0 bridgehead atoms. The molecule has 27 heavy (non-hydrogen) atoms. The number of alkyl halides is 3. The van der Waals surface area contributed by atoms with Crippen LogP contribution in [0.15, 0.2) is 54.6 Å². The first-order valence-electron chi connectivity index (χ1n) is 8.54. The molecule has 3 N–H and O–H groups in total. The summed E-state index contributed by atoms with van der Waals surface area (Å²) in [6.07, 6.45) is -2.74. The van der Waals surface area contributed by atoms with Gasteiger partial charge in [0.2, 0.25) is 11.8 Å². The second kappa shape index (κ2) is 9.21. The molecule has 4 nitrogen and oxygen atoms in total. The molecule has 2 aromatic rings. The summed E-state index contributed by atoms with van der Waals surface area (Å²) in [5, 5.41) is 2.56. The molecule has 0 aliphatic heterocycles. The molecule has 0 aliphatic rings. The molecule has 2 aromatic carbocycles. The fourth-order valence-electron chi connectivity index (χ4n) is 2.68. The zero-order valence-corrected chi connectivity index (χ0v) is 14.6. The van der Waals surface area contributed by atoms with Crippen molar-refractivity contribution >= 4 is 11.8 Å². The van der Waals surface area contributed by atoms with Gasteiger partial charge < -0.3 is 11.1 Å². The lowest BCUT2D eigenvalue weighted by molar-refractivity contribution is -0.137. The minimum absolute atomic E-state index is 0.124. The highest BCUT2D eigenvalue weighted by atomic mass is 19.4. The predicted molar refractivity (Wildman–Crippen MR) is 95.7 cm³/mol. The molecule has 0 spiro atoms. The smallest absolute Gasteiger partial charge is 0.368 e. The van der Waals surface area contributed by atoms with Crippen molar-refractivity contribution in [3.05, 3.63) is 71.3 Å². The predicted octanol–water partition coefficient (Wildman–Crippen LogP) is 3.24. The Kier molecular flexibility index (Phi) is 6.98. The Morgan fingerprint density at radius 3 is 2.15 bits per heavy atom. The third kappa shape index (κ3) is 6.77. The number of aryl methyl sites for hydroxylation is 1. The van der Waals surface area contributed by atoms with Crippen molar-refractivity contribution in [3.8, 4) is 0 Å². The monoisotopic (exact) mass is 378 g/mol. The number of benzene rings is 2. The van der Waals surface area contributed by atoms with Crippen LogP contribution in [0.3, 0.4) is 0 Å². The van der Waals surface area contributed by atoms with Gasteiger partial charge in [0, 0.05) is 0 Å². The van der Waals surface area contributed by atoms with Crippen LogP contribution >= 0.6 is 0 Å². The van der Waals surface area contributed by atoms with Crippen LogP contribution in [0.1, 0.15) is 29.5 Å². The van der Waals surface area contributed by atoms with Gasteiger partial charge in [0.25, 0.3) is 0 Å². The first-order chi connectivity index (χ1) is 12.8. The molecule has 2 amide bonds. The van der Waals surface area contributed by atoms with E-state index in [1.165, 1.54) is 12.1 Å². The van der Waals surface area contributed by atoms with E-state index in [0.717, 1.165) is 24.1 Å². The number of primary amides is 1. The maximum atomic E-state index is 12.6. The van der Waals surface area contributed by atoms with Crippen LogP contribution in [0.2, 0.25) is 0 Å². The van der Waals surface area contributed by atoms with Gasteiger partial charge in [-0.25, -0.2) is 0 Å². The molecule has 0 saturated carbocycles. The Labute approximate surface area is 155 Å². The van der Waals surface area contributed by atoms with Gasteiger partial charge in [-0.05, 0) is 42.5 Å². The number of hydrogen-bond donors (Lipinski definition) is 2. The van der Waals surface area contributed by atoms with E-state index in [9.17, 15) is 22.8 Å². The number of halogens is 3. The highest BCUT2D eigenvalue weighted by Crippen LogP contribution is 2.29. The summed E-state index contributed by atoms with van der Waals surface area (Å²) in [6.45, 7) is 0. The average Bonchev–Trinajstić information content (AvgIpc) is 2.61. The lowest BCUT2D eigenvalue weighted by Crippen LogP contribution is -2.45. The minimum atomic E-state index is -4.42. The molecule has 0 radical (unpaired) electrons. The molecule has 2 rings (SSSR count). The van der Waals surface area contributed by atoms with Crippen LogP contribution in [0.5, 0.6) is 0 Å². The van der Waals surface area contributed by atoms with E-state index in [1.54, 1.807) is 0 Å². The number of rotatable bonds is 8. The van der Waals surface area contributed by atoms with Crippen molar-refractivity contribution in [1.82, 2.24) is 5.32 Å². The Morgan fingerprint density at radius 1 is 0.963 bits per heavy atom.